The lowest BCUT2D eigenvalue weighted by molar-refractivity contribution is -0.136. The van der Waals surface area contributed by atoms with E-state index < -0.39 is 41.3 Å². The Morgan fingerprint density at radius 2 is 1.64 bits per heavy atom. The molecule has 314 valence electrons. The number of rotatable bonds is 11. The fourth-order valence-electron chi connectivity index (χ4n) is 8.63. The monoisotopic (exact) mass is 831 g/mol. The van der Waals surface area contributed by atoms with Crippen molar-refractivity contribution in [2.24, 2.45) is 0 Å². The van der Waals surface area contributed by atoms with Crippen LogP contribution < -0.4 is 10.6 Å². The Morgan fingerprint density at radius 1 is 0.885 bits per heavy atom. The van der Waals surface area contributed by atoms with Crippen LogP contribution >= 0.6 is 0 Å². The molecule has 2 aromatic heterocycles. The summed E-state index contributed by atoms with van der Waals surface area (Å²) in [5, 5.41) is 10.0. The quantitative estimate of drug-likeness (QED) is 0.139. The number of hydrogen-bond donors (Lipinski definition) is 2. The minimum atomic E-state index is -1.05. The van der Waals surface area contributed by atoms with Crippen LogP contribution in [0.4, 0.5) is 14.5 Å². The lowest BCUT2D eigenvalue weighted by Crippen LogP contribution is -2.54. The SMILES string of the molecule is O=C1CCC(N2C(=O)c3cccc(NCCCC(=O)N4CCC(n5cc(-c6cnc7cccc(-c8cc(F)c(CN9CCOCC9)c(F)c8)c7n6)cn5)CC4)c3C2=O)C(=O)N1. The van der Waals surface area contributed by atoms with Crippen LogP contribution in [-0.2, 0) is 25.7 Å². The Labute approximate surface area is 349 Å². The second-order valence-corrected chi connectivity index (χ2v) is 15.8. The van der Waals surface area contributed by atoms with Gasteiger partial charge in [0.1, 0.15) is 17.7 Å². The van der Waals surface area contributed by atoms with E-state index in [0.717, 1.165) is 10.5 Å². The van der Waals surface area contributed by atoms with Crippen LogP contribution in [0.5, 0.6) is 0 Å². The van der Waals surface area contributed by atoms with Crippen LogP contribution in [0.2, 0.25) is 0 Å². The summed E-state index contributed by atoms with van der Waals surface area (Å²) < 4.78 is 38.1. The lowest BCUT2D eigenvalue weighted by atomic mass is 10.0. The third-order valence-electron chi connectivity index (χ3n) is 11.9. The smallest absolute Gasteiger partial charge is 0.264 e. The fraction of sp³-hybridized carbons (Fsp3) is 0.364. The van der Waals surface area contributed by atoms with Gasteiger partial charge in [-0.05, 0) is 61.6 Å². The molecule has 0 saturated carbocycles. The first-order chi connectivity index (χ1) is 29.6. The van der Waals surface area contributed by atoms with Gasteiger partial charge in [-0.15, -0.1) is 0 Å². The highest BCUT2D eigenvalue weighted by molar-refractivity contribution is 6.25. The number of halogens is 2. The van der Waals surface area contributed by atoms with Gasteiger partial charge in [-0.25, -0.2) is 13.8 Å². The third-order valence-corrected chi connectivity index (χ3v) is 11.9. The first kappa shape index (κ1) is 40.0. The van der Waals surface area contributed by atoms with Gasteiger partial charge in [-0.3, -0.25) is 48.8 Å². The zero-order valence-electron chi connectivity index (χ0n) is 33.2. The molecule has 3 aromatic carbocycles. The predicted molar refractivity (Wildman–Crippen MR) is 218 cm³/mol. The zero-order valence-corrected chi connectivity index (χ0v) is 33.2. The van der Waals surface area contributed by atoms with Crippen LogP contribution in [-0.4, -0.2) is 116 Å². The van der Waals surface area contributed by atoms with Crippen LogP contribution in [0.25, 0.3) is 33.4 Å². The summed E-state index contributed by atoms with van der Waals surface area (Å²) in [4.78, 5) is 78.1. The number of imide groups is 2. The van der Waals surface area contributed by atoms with Crippen LogP contribution in [0, 0.1) is 11.6 Å². The van der Waals surface area contributed by atoms with Gasteiger partial charge in [0.25, 0.3) is 11.8 Å². The van der Waals surface area contributed by atoms with Crippen molar-refractivity contribution in [1.82, 2.24) is 39.8 Å². The molecule has 15 nitrogen and oxygen atoms in total. The molecule has 1 atom stereocenters. The van der Waals surface area contributed by atoms with Crippen molar-refractivity contribution in [2.45, 2.75) is 57.2 Å². The number of morpholine rings is 1. The average Bonchev–Trinajstić information content (AvgIpc) is 3.86. The van der Waals surface area contributed by atoms with Crippen LogP contribution in [0.15, 0.2) is 67.1 Å². The van der Waals surface area contributed by atoms with Crippen LogP contribution in [0.1, 0.15) is 70.8 Å². The van der Waals surface area contributed by atoms with E-state index in [-0.39, 0.29) is 54.4 Å². The Hall–Kier alpha value is -6.46. The molecule has 17 heteroatoms. The maximum absolute atomic E-state index is 15.4. The highest BCUT2D eigenvalue weighted by atomic mass is 19.1. The largest absolute Gasteiger partial charge is 0.384 e. The van der Waals surface area contributed by atoms with E-state index in [2.05, 4.69) is 20.7 Å². The van der Waals surface area contributed by atoms with Crippen molar-refractivity contribution in [1.29, 1.82) is 0 Å². The molecule has 0 radical (unpaired) electrons. The van der Waals surface area contributed by atoms with Gasteiger partial charge in [-0.1, -0.05) is 18.2 Å². The number of aromatic nitrogens is 4. The number of nitrogens with zero attached hydrogens (tertiary/aromatic N) is 7. The molecule has 3 fully saturated rings. The number of fused-ring (bicyclic) bond motifs is 2. The fourth-order valence-corrected chi connectivity index (χ4v) is 8.63. The number of carbonyl (C=O) groups is 5. The summed E-state index contributed by atoms with van der Waals surface area (Å²) in [7, 11) is 0. The molecule has 4 aliphatic heterocycles. The summed E-state index contributed by atoms with van der Waals surface area (Å²) in [6.07, 6.45) is 7.59. The molecule has 1 unspecified atom stereocenters. The second-order valence-electron chi connectivity index (χ2n) is 15.8. The van der Waals surface area contributed by atoms with E-state index in [9.17, 15) is 24.0 Å². The Balaban J connectivity index is 0.792. The highest BCUT2D eigenvalue weighted by Gasteiger charge is 2.45. The Bertz CT molecular complexity index is 2540. The molecule has 2 N–H and O–H groups in total. The predicted octanol–water partition coefficient (Wildman–Crippen LogP) is 4.73. The Morgan fingerprint density at radius 3 is 2.41 bits per heavy atom. The number of nitrogens with one attached hydrogen (secondary N) is 2. The topological polar surface area (TPSA) is 172 Å². The van der Waals surface area contributed by atoms with Gasteiger partial charge in [-0.2, -0.15) is 5.10 Å². The molecule has 9 rings (SSSR count). The number of piperidine rings is 2. The van der Waals surface area contributed by atoms with E-state index in [1.807, 2.05) is 26.7 Å². The van der Waals surface area contributed by atoms with Gasteiger partial charge in [0.15, 0.2) is 0 Å². The minimum Gasteiger partial charge on any atom is -0.384 e. The van der Waals surface area contributed by atoms with Gasteiger partial charge >= 0.3 is 0 Å². The van der Waals surface area contributed by atoms with E-state index in [1.54, 1.807) is 42.7 Å². The number of benzene rings is 3. The lowest BCUT2D eigenvalue weighted by Gasteiger charge is -2.32. The van der Waals surface area contributed by atoms with Gasteiger partial charge in [0, 0.05) is 80.7 Å². The second kappa shape index (κ2) is 16.9. The van der Waals surface area contributed by atoms with Crippen molar-refractivity contribution in [3.05, 3.63) is 95.4 Å². The average molecular weight is 832 g/mol. The molecule has 6 heterocycles. The number of likely N-dealkylation sites (tertiary alicyclic amines) is 1. The molecule has 4 aliphatic rings. The van der Waals surface area contributed by atoms with Crippen molar-refractivity contribution >= 4 is 46.3 Å². The molecule has 3 saturated heterocycles. The molecule has 0 spiro atoms. The number of anilines is 1. The van der Waals surface area contributed by atoms with E-state index in [0.29, 0.717) is 98.7 Å². The van der Waals surface area contributed by atoms with Crippen molar-refractivity contribution in [3.8, 4) is 22.4 Å². The standard InChI is InChI=1S/C44H43F2N9O6/c45-32-20-26(21-33(46)31(32)25-52-16-18-61-19-17-52)29-4-1-7-35-41(29)50-36(23-48-35)27-22-49-54(24-27)28-11-14-53(15-12-28)39(57)8-3-13-47-34-6-2-5-30-40(34)44(60)55(43(30)59)37-9-10-38(56)51-42(37)58/h1-2,4-7,20-24,28,37,47H,3,8-19,25H2,(H,51,56,58). The molecule has 5 aromatic rings. The summed E-state index contributed by atoms with van der Waals surface area (Å²) in [5.74, 6) is -3.47. The van der Waals surface area contributed by atoms with Gasteiger partial charge in [0.2, 0.25) is 17.7 Å². The third kappa shape index (κ3) is 7.98. The maximum atomic E-state index is 15.4. The van der Waals surface area contributed by atoms with E-state index in [1.165, 1.54) is 12.1 Å². The highest BCUT2D eigenvalue weighted by Crippen LogP contribution is 2.34. The molecular formula is C44H43F2N9O6. The first-order valence-electron chi connectivity index (χ1n) is 20.6. The molecular weight excluding hydrogens is 789 g/mol. The molecule has 61 heavy (non-hydrogen) atoms. The first-order valence-corrected chi connectivity index (χ1v) is 20.6. The van der Waals surface area contributed by atoms with Crippen LogP contribution in [0.3, 0.4) is 0 Å². The zero-order chi connectivity index (χ0) is 42.2. The normalized spacial score (nSPS) is 18.8. The summed E-state index contributed by atoms with van der Waals surface area (Å²) in [6.45, 7) is 3.97. The van der Waals surface area contributed by atoms with Crippen molar-refractivity contribution < 1.29 is 37.5 Å². The van der Waals surface area contributed by atoms with Crippen molar-refractivity contribution in [2.75, 3.05) is 51.3 Å². The summed E-state index contributed by atoms with van der Waals surface area (Å²) >= 11 is 0. The molecule has 0 aliphatic carbocycles. The minimum absolute atomic E-state index is 0.0173. The van der Waals surface area contributed by atoms with Crippen molar-refractivity contribution in [3.63, 3.8) is 0 Å². The summed E-state index contributed by atoms with van der Waals surface area (Å²) in [6, 6.07) is 12.0. The summed E-state index contributed by atoms with van der Waals surface area (Å²) in [5.41, 5.74) is 4.21. The number of carbonyl (C=O) groups excluding carboxylic acids is 5. The number of amides is 5. The number of ether oxygens (including phenoxy) is 1. The van der Waals surface area contributed by atoms with Gasteiger partial charge in [0.05, 0.1) is 59.5 Å². The molecule has 0 bridgehead atoms. The molecule has 5 amide bonds. The number of hydrogen-bond acceptors (Lipinski definition) is 11. The number of para-hydroxylation sites is 1. The van der Waals surface area contributed by atoms with Gasteiger partial charge < -0.3 is 15.0 Å². The van der Waals surface area contributed by atoms with E-state index >= 15 is 8.78 Å². The van der Waals surface area contributed by atoms with E-state index in [4.69, 9.17) is 9.72 Å². The Kier molecular flexibility index (Phi) is 11.1. The maximum Gasteiger partial charge on any atom is 0.264 e.